The lowest BCUT2D eigenvalue weighted by molar-refractivity contribution is -0.130. The quantitative estimate of drug-likeness (QED) is 0.778. The van der Waals surface area contributed by atoms with Crippen molar-refractivity contribution >= 4 is 11.7 Å². The zero-order chi connectivity index (χ0) is 15.3. The van der Waals surface area contributed by atoms with Gasteiger partial charge in [0, 0.05) is 19.0 Å². The molecule has 2 unspecified atom stereocenters. The summed E-state index contributed by atoms with van der Waals surface area (Å²) in [6.45, 7) is 12.2. The third-order valence-corrected chi connectivity index (χ3v) is 4.38. The molecule has 0 aromatic rings. The lowest BCUT2D eigenvalue weighted by atomic mass is 9.84. The van der Waals surface area contributed by atoms with Crippen molar-refractivity contribution in [3.8, 4) is 0 Å². The van der Waals surface area contributed by atoms with E-state index in [9.17, 15) is 9.59 Å². The van der Waals surface area contributed by atoms with Gasteiger partial charge in [-0.1, -0.05) is 34.6 Å². The molecule has 0 aromatic heterocycles. The topological polar surface area (TPSA) is 49.4 Å². The Morgan fingerprint density at radius 1 is 1.05 bits per heavy atom. The van der Waals surface area contributed by atoms with Gasteiger partial charge in [0.15, 0.2) is 5.78 Å². The number of nitrogens with zero attached hydrogens (tertiary/aromatic N) is 1. The maximum atomic E-state index is 12.3. The van der Waals surface area contributed by atoms with E-state index in [-0.39, 0.29) is 36.1 Å². The van der Waals surface area contributed by atoms with Gasteiger partial charge in [-0.15, -0.1) is 0 Å². The Morgan fingerprint density at radius 3 is 2.05 bits per heavy atom. The van der Waals surface area contributed by atoms with E-state index in [0.29, 0.717) is 5.92 Å². The number of hydrogen-bond donors (Lipinski definition) is 1. The van der Waals surface area contributed by atoms with Crippen molar-refractivity contribution < 1.29 is 9.59 Å². The molecule has 1 saturated heterocycles. The van der Waals surface area contributed by atoms with Crippen LogP contribution in [0.25, 0.3) is 0 Å². The van der Waals surface area contributed by atoms with E-state index in [0.717, 1.165) is 25.9 Å². The van der Waals surface area contributed by atoms with E-state index < -0.39 is 0 Å². The van der Waals surface area contributed by atoms with Gasteiger partial charge in [0.1, 0.15) is 0 Å². The van der Waals surface area contributed by atoms with Crippen LogP contribution in [0, 0.1) is 17.8 Å². The molecule has 0 aromatic carbocycles. The highest BCUT2D eigenvalue weighted by atomic mass is 16.2. The summed E-state index contributed by atoms with van der Waals surface area (Å²) in [4.78, 5) is 26.3. The molecule has 4 heteroatoms. The second kappa shape index (κ2) is 7.77. The summed E-state index contributed by atoms with van der Waals surface area (Å²) in [6, 6.07) is -0.221. The van der Waals surface area contributed by atoms with Crippen molar-refractivity contribution in [2.24, 2.45) is 17.8 Å². The van der Waals surface area contributed by atoms with Crippen molar-refractivity contribution in [3.05, 3.63) is 0 Å². The standard InChI is InChI=1S/C16H30N2O2/c1-11(2)13(5)15(16(20)12(3)4)17-10-14(19)18-8-6-7-9-18/h11-13,15,17H,6-10H2,1-5H3. The summed E-state index contributed by atoms with van der Waals surface area (Å²) in [5.74, 6) is 0.976. The van der Waals surface area contributed by atoms with Crippen molar-refractivity contribution in [3.63, 3.8) is 0 Å². The van der Waals surface area contributed by atoms with Gasteiger partial charge in [-0.3, -0.25) is 14.9 Å². The minimum atomic E-state index is -0.221. The number of nitrogens with one attached hydrogen (secondary N) is 1. The van der Waals surface area contributed by atoms with Gasteiger partial charge in [0.2, 0.25) is 5.91 Å². The number of amides is 1. The van der Waals surface area contributed by atoms with Gasteiger partial charge in [-0.05, 0) is 24.7 Å². The first-order valence-corrected chi connectivity index (χ1v) is 7.89. The minimum absolute atomic E-state index is 0.00408. The van der Waals surface area contributed by atoms with E-state index in [1.165, 1.54) is 0 Å². The van der Waals surface area contributed by atoms with Crippen molar-refractivity contribution in [2.45, 2.75) is 53.5 Å². The lowest BCUT2D eigenvalue weighted by Crippen LogP contribution is -2.49. The molecule has 0 aliphatic carbocycles. The SMILES string of the molecule is CC(C)C(=O)C(NCC(=O)N1CCCC1)C(C)C(C)C. The van der Waals surface area contributed by atoms with Crippen molar-refractivity contribution in [2.75, 3.05) is 19.6 Å². The Balaban J connectivity index is 2.60. The number of ketones is 1. The van der Waals surface area contributed by atoms with Crippen LogP contribution in [0.5, 0.6) is 0 Å². The van der Waals surface area contributed by atoms with Crippen molar-refractivity contribution in [1.82, 2.24) is 10.2 Å². The first-order valence-electron chi connectivity index (χ1n) is 7.89. The van der Waals surface area contributed by atoms with Gasteiger partial charge >= 0.3 is 0 Å². The number of likely N-dealkylation sites (tertiary alicyclic amines) is 1. The molecule has 4 nitrogen and oxygen atoms in total. The minimum Gasteiger partial charge on any atom is -0.342 e. The van der Waals surface area contributed by atoms with Crippen LogP contribution in [0.15, 0.2) is 0 Å². The number of carbonyl (C=O) groups excluding carboxylic acids is 2. The zero-order valence-electron chi connectivity index (χ0n) is 13.6. The van der Waals surface area contributed by atoms with Crippen molar-refractivity contribution in [1.29, 1.82) is 0 Å². The smallest absolute Gasteiger partial charge is 0.236 e. The van der Waals surface area contributed by atoms with Crippen LogP contribution < -0.4 is 5.32 Å². The summed E-state index contributed by atoms with van der Waals surface area (Å²) < 4.78 is 0. The summed E-state index contributed by atoms with van der Waals surface area (Å²) in [6.07, 6.45) is 2.20. The van der Waals surface area contributed by atoms with E-state index in [2.05, 4.69) is 26.1 Å². The Bertz CT molecular complexity index is 333. The summed E-state index contributed by atoms with van der Waals surface area (Å²) in [5, 5.41) is 3.22. The monoisotopic (exact) mass is 282 g/mol. The molecule has 1 heterocycles. The van der Waals surface area contributed by atoms with Crippen LogP contribution in [0.3, 0.4) is 0 Å². The Morgan fingerprint density at radius 2 is 1.60 bits per heavy atom. The molecule has 1 aliphatic rings. The number of Topliss-reactive ketones (excluding diaryl/α,β-unsaturated/α-hetero) is 1. The summed E-state index contributed by atoms with van der Waals surface area (Å²) in [7, 11) is 0. The van der Waals surface area contributed by atoms with E-state index in [1.54, 1.807) is 0 Å². The Kier molecular flexibility index (Phi) is 6.66. The number of rotatable bonds is 7. The Hall–Kier alpha value is -0.900. The van der Waals surface area contributed by atoms with Gasteiger partial charge in [0.05, 0.1) is 12.6 Å². The van der Waals surface area contributed by atoms with E-state index in [4.69, 9.17) is 0 Å². The van der Waals surface area contributed by atoms with Crippen LogP contribution in [0.2, 0.25) is 0 Å². The van der Waals surface area contributed by atoms with Gasteiger partial charge < -0.3 is 4.90 Å². The normalized spacial score (nSPS) is 18.6. The third kappa shape index (κ3) is 4.58. The maximum absolute atomic E-state index is 12.3. The first kappa shape index (κ1) is 17.2. The predicted octanol–water partition coefficient (Wildman–Crippen LogP) is 2.08. The molecule has 20 heavy (non-hydrogen) atoms. The van der Waals surface area contributed by atoms with Gasteiger partial charge in [0.25, 0.3) is 0 Å². The molecule has 0 radical (unpaired) electrons. The van der Waals surface area contributed by atoms with E-state index >= 15 is 0 Å². The molecule has 1 N–H and O–H groups in total. The molecule has 0 spiro atoms. The number of hydrogen-bond acceptors (Lipinski definition) is 3. The highest BCUT2D eigenvalue weighted by Gasteiger charge is 2.29. The largest absolute Gasteiger partial charge is 0.342 e. The Labute approximate surface area is 123 Å². The molecule has 0 saturated carbocycles. The third-order valence-electron chi connectivity index (χ3n) is 4.38. The van der Waals surface area contributed by atoms with Gasteiger partial charge in [-0.25, -0.2) is 0 Å². The fraction of sp³-hybridized carbons (Fsp3) is 0.875. The van der Waals surface area contributed by atoms with Crippen LogP contribution in [-0.2, 0) is 9.59 Å². The lowest BCUT2D eigenvalue weighted by Gasteiger charge is -2.29. The molecular formula is C16H30N2O2. The fourth-order valence-corrected chi connectivity index (χ4v) is 2.57. The average molecular weight is 282 g/mol. The maximum Gasteiger partial charge on any atom is 0.236 e. The molecule has 1 aliphatic heterocycles. The van der Waals surface area contributed by atoms with Crippen LogP contribution in [0.1, 0.15) is 47.5 Å². The molecule has 1 amide bonds. The number of carbonyl (C=O) groups is 2. The van der Waals surface area contributed by atoms with Crippen LogP contribution in [0.4, 0.5) is 0 Å². The van der Waals surface area contributed by atoms with E-state index in [1.807, 2.05) is 18.7 Å². The summed E-state index contributed by atoms with van der Waals surface area (Å²) >= 11 is 0. The molecule has 1 fully saturated rings. The van der Waals surface area contributed by atoms with Crippen LogP contribution in [-0.4, -0.2) is 42.3 Å². The molecule has 2 atom stereocenters. The first-order chi connectivity index (χ1) is 9.34. The summed E-state index contributed by atoms with van der Waals surface area (Å²) in [5.41, 5.74) is 0. The molecular weight excluding hydrogens is 252 g/mol. The fourth-order valence-electron chi connectivity index (χ4n) is 2.57. The van der Waals surface area contributed by atoms with Crippen LogP contribution >= 0.6 is 0 Å². The average Bonchev–Trinajstić information content (AvgIpc) is 2.91. The zero-order valence-corrected chi connectivity index (χ0v) is 13.6. The second-order valence-electron chi connectivity index (χ2n) is 6.61. The predicted molar refractivity (Wildman–Crippen MR) is 81.5 cm³/mol. The highest BCUT2D eigenvalue weighted by molar-refractivity contribution is 5.87. The van der Waals surface area contributed by atoms with Gasteiger partial charge in [-0.2, -0.15) is 0 Å². The molecule has 0 bridgehead atoms. The second-order valence-corrected chi connectivity index (χ2v) is 6.61. The molecule has 1 rings (SSSR count). The molecule has 116 valence electrons. The highest BCUT2D eigenvalue weighted by Crippen LogP contribution is 2.18.